The van der Waals surface area contributed by atoms with Crippen LogP contribution in [0, 0.1) is 5.92 Å². The van der Waals surface area contributed by atoms with Crippen molar-refractivity contribution >= 4 is 23.2 Å². The van der Waals surface area contributed by atoms with Crippen molar-refractivity contribution in [2.45, 2.75) is 38.6 Å². The van der Waals surface area contributed by atoms with Crippen LogP contribution < -0.4 is 5.32 Å². The lowest BCUT2D eigenvalue weighted by atomic mass is 9.93. The number of nitrogens with zero attached hydrogens (tertiary/aromatic N) is 1. The number of ether oxygens (including phenoxy) is 1. The number of hydrogen-bond acceptors (Lipinski definition) is 5. The zero-order chi connectivity index (χ0) is 19.2. The Kier molecular flexibility index (Phi) is 6.58. The maximum Gasteiger partial charge on any atom is 0.326 e. The molecule has 1 saturated heterocycles. The van der Waals surface area contributed by atoms with E-state index in [1.807, 2.05) is 17.5 Å². The summed E-state index contributed by atoms with van der Waals surface area (Å²) in [6.07, 6.45) is 2.61. The molecule has 0 aliphatic carbocycles. The number of hydrogen-bond donors (Lipinski definition) is 2. The number of carbonyl (C=O) groups is 2. The quantitative estimate of drug-likeness (QED) is 0.761. The van der Waals surface area contributed by atoms with Crippen molar-refractivity contribution in [2.24, 2.45) is 5.92 Å². The maximum atomic E-state index is 12.3. The van der Waals surface area contributed by atoms with E-state index < -0.39 is 12.0 Å². The van der Waals surface area contributed by atoms with Crippen LogP contribution in [0.4, 0.5) is 0 Å². The highest BCUT2D eigenvalue weighted by atomic mass is 32.1. The minimum atomic E-state index is -1.02. The first kappa shape index (κ1) is 19.5. The summed E-state index contributed by atoms with van der Waals surface area (Å²) in [5.74, 6) is -1.54. The Labute approximate surface area is 162 Å². The van der Waals surface area contributed by atoms with E-state index in [9.17, 15) is 14.7 Å². The Bertz CT molecular complexity index is 782. The number of benzene rings is 1. The Balaban J connectivity index is 1.61. The smallest absolute Gasteiger partial charge is 0.326 e. The molecule has 2 heterocycles. The molecule has 27 heavy (non-hydrogen) atoms. The Morgan fingerprint density at radius 3 is 2.78 bits per heavy atom. The van der Waals surface area contributed by atoms with Gasteiger partial charge in [-0.05, 0) is 24.8 Å². The third-order valence-corrected chi connectivity index (χ3v) is 5.69. The average Bonchev–Trinajstić information content (AvgIpc) is 3.15. The molecule has 2 aromatic rings. The fourth-order valence-corrected chi connectivity index (χ4v) is 4.03. The van der Waals surface area contributed by atoms with Crippen LogP contribution in [0.3, 0.4) is 0 Å². The van der Waals surface area contributed by atoms with Gasteiger partial charge in [0.25, 0.3) is 0 Å². The number of aliphatic carboxylic acids is 1. The molecule has 0 spiro atoms. The number of carbonyl (C=O) groups excluding carboxylic acids is 1. The lowest BCUT2D eigenvalue weighted by molar-refractivity contribution is -0.145. The van der Waals surface area contributed by atoms with Gasteiger partial charge in [-0.15, -0.1) is 11.3 Å². The second kappa shape index (κ2) is 9.10. The van der Waals surface area contributed by atoms with Gasteiger partial charge in [0.05, 0.1) is 18.7 Å². The van der Waals surface area contributed by atoms with Gasteiger partial charge >= 0.3 is 5.97 Å². The van der Waals surface area contributed by atoms with Gasteiger partial charge in [-0.2, -0.15) is 0 Å². The molecule has 1 fully saturated rings. The van der Waals surface area contributed by atoms with Crippen molar-refractivity contribution < 1.29 is 19.4 Å². The van der Waals surface area contributed by atoms with Crippen LogP contribution in [0.25, 0.3) is 10.6 Å². The number of nitrogens with one attached hydrogen (secondary N) is 1. The average molecular weight is 388 g/mol. The topological polar surface area (TPSA) is 88.5 Å². The highest BCUT2D eigenvalue weighted by Gasteiger charge is 2.31. The molecule has 0 bridgehead atoms. The summed E-state index contributed by atoms with van der Waals surface area (Å²) in [7, 11) is 0. The first-order valence-corrected chi connectivity index (χ1v) is 10.1. The van der Waals surface area contributed by atoms with E-state index in [1.54, 1.807) is 0 Å². The number of thiazole rings is 1. The van der Waals surface area contributed by atoms with E-state index in [4.69, 9.17) is 4.74 Å². The Morgan fingerprint density at radius 1 is 1.37 bits per heavy atom. The van der Waals surface area contributed by atoms with Crippen LogP contribution >= 0.6 is 11.3 Å². The van der Waals surface area contributed by atoms with Gasteiger partial charge in [0, 0.05) is 23.5 Å². The summed E-state index contributed by atoms with van der Waals surface area (Å²) in [5, 5.41) is 14.8. The number of rotatable bonds is 7. The monoisotopic (exact) mass is 388 g/mol. The third-order valence-electron chi connectivity index (χ3n) is 4.75. The van der Waals surface area contributed by atoms with Crippen molar-refractivity contribution in [3.8, 4) is 10.6 Å². The van der Waals surface area contributed by atoms with Gasteiger partial charge in [0.1, 0.15) is 11.0 Å². The number of aryl methyl sites for hydroxylation is 1. The Morgan fingerprint density at radius 2 is 2.15 bits per heavy atom. The third kappa shape index (κ3) is 5.14. The number of carboxylic acid groups (broad SMARTS) is 1. The van der Waals surface area contributed by atoms with Crippen LogP contribution in [0.5, 0.6) is 0 Å². The zero-order valence-electron chi connectivity index (χ0n) is 15.3. The van der Waals surface area contributed by atoms with Crippen molar-refractivity contribution in [3.63, 3.8) is 0 Å². The SMILES string of the molecule is CCc1ccc(-c2nc(CC(=O)NC(C(=O)O)C3CCCOC3)cs2)cc1. The van der Waals surface area contributed by atoms with Crippen molar-refractivity contribution in [2.75, 3.05) is 13.2 Å². The molecule has 6 nitrogen and oxygen atoms in total. The van der Waals surface area contributed by atoms with Gasteiger partial charge in [0.2, 0.25) is 5.91 Å². The minimum absolute atomic E-state index is 0.0703. The lowest BCUT2D eigenvalue weighted by Gasteiger charge is -2.28. The van der Waals surface area contributed by atoms with E-state index in [2.05, 4.69) is 29.4 Å². The summed E-state index contributed by atoms with van der Waals surface area (Å²) < 4.78 is 5.36. The van der Waals surface area contributed by atoms with E-state index >= 15 is 0 Å². The molecule has 144 valence electrons. The van der Waals surface area contributed by atoms with Crippen LogP contribution in [-0.4, -0.2) is 41.2 Å². The molecule has 7 heteroatoms. The molecule has 0 radical (unpaired) electrons. The van der Waals surface area contributed by atoms with Gasteiger partial charge < -0.3 is 15.2 Å². The van der Waals surface area contributed by atoms with Crippen LogP contribution in [0.15, 0.2) is 29.6 Å². The zero-order valence-corrected chi connectivity index (χ0v) is 16.1. The molecular weight excluding hydrogens is 364 g/mol. The maximum absolute atomic E-state index is 12.3. The van der Waals surface area contributed by atoms with Gasteiger partial charge in [-0.3, -0.25) is 4.79 Å². The van der Waals surface area contributed by atoms with Crippen molar-refractivity contribution in [1.29, 1.82) is 0 Å². The molecule has 1 aliphatic heterocycles. The fourth-order valence-electron chi connectivity index (χ4n) is 3.20. The molecule has 2 atom stereocenters. The standard InChI is InChI=1S/C20H24N2O4S/c1-2-13-5-7-14(8-6-13)19-21-16(12-27-19)10-17(23)22-18(20(24)25)15-4-3-9-26-11-15/h5-8,12,15,18H,2-4,9-11H2,1H3,(H,22,23)(H,24,25). The van der Waals surface area contributed by atoms with Crippen molar-refractivity contribution in [1.82, 2.24) is 10.3 Å². The molecule has 1 amide bonds. The molecule has 1 aromatic heterocycles. The molecule has 2 N–H and O–H groups in total. The van der Waals surface area contributed by atoms with Crippen LogP contribution in [-0.2, 0) is 27.2 Å². The van der Waals surface area contributed by atoms with Gasteiger partial charge in [-0.1, -0.05) is 31.2 Å². The number of aromatic nitrogens is 1. The largest absolute Gasteiger partial charge is 0.480 e. The minimum Gasteiger partial charge on any atom is -0.480 e. The summed E-state index contributed by atoms with van der Waals surface area (Å²) in [4.78, 5) is 28.4. The number of carboxylic acids is 1. The molecule has 1 aromatic carbocycles. The second-order valence-electron chi connectivity index (χ2n) is 6.73. The number of amides is 1. The van der Waals surface area contributed by atoms with E-state index in [1.165, 1.54) is 16.9 Å². The summed E-state index contributed by atoms with van der Waals surface area (Å²) in [5.41, 5.74) is 2.93. The second-order valence-corrected chi connectivity index (χ2v) is 7.59. The lowest BCUT2D eigenvalue weighted by Crippen LogP contribution is -2.48. The molecule has 0 saturated carbocycles. The normalized spacial score (nSPS) is 18.0. The fraction of sp³-hybridized carbons (Fsp3) is 0.450. The van der Waals surface area contributed by atoms with E-state index in [0.29, 0.717) is 18.9 Å². The molecule has 1 aliphatic rings. The van der Waals surface area contributed by atoms with Gasteiger partial charge in [-0.25, -0.2) is 9.78 Å². The first-order valence-electron chi connectivity index (χ1n) is 9.20. The van der Waals surface area contributed by atoms with Crippen LogP contribution in [0.2, 0.25) is 0 Å². The highest BCUT2D eigenvalue weighted by molar-refractivity contribution is 7.13. The first-order chi connectivity index (χ1) is 13.1. The highest BCUT2D eigenvalue weighted by Crippen LogP contribution is 2.24. The van der Waals surface area contributed by atoms with Crippen molar-refractivity contribution in [3.05, 3.63) is 40.9 Å². The van der Waals surface area contributed by atoms with E-state index in [0.717, 1.165) is 29.8 Å². The predicted molar refractivity (Wildman–Crippen MR) is 104 cm³/mol. The van der Waals surface area contributed by atoms with E-state index in [-0.39, 0.29) is 18.2 Å². The van der Waals surface area contributed by atoms with Crippen LogP contribution in [0.1, 0.15) is 31.0 Å². The van der Waals surface area contributed by atoms with Gasteiger partial charge in [0.15, 0.2) is 0 Å². The molecule has 2 unspecified atom stereocenters. The predicted octanol–water partition coefficient (Wildman–Crippen LogP) is 2.91. The summed E-state index contributed by atoms with van der Waals surface area (Å²) in [6.45, 7) is 3.13. The molecular formula is C20H24N2O4S. The summed E-state index contributed by atoms with van der Waals surface area (Å²) >= 11 is 1.48. The molecule has 3 rings (SSSR count). The Hall–Kier alpha value is -2.25. The summed E-state index contributed by atoms with van der Waals surface area (Å²) in [6, 6.07) is 7.30.